The van der Waals surface area contributed by atoms with Gasteiger partial charge in [0.25, 0.3) is 0 Å². The number of aromatic nitrogens is 1. The molecule has 1 heterocycles. The molecule has 0 aliphatic rings. The Morgan fingerprint density at radius 2 is 2.04 bits per heavy atom. The van der Waals surface area contributed by atoms with Gasteiger partial charge < -0.3 is 10.4 Å². The zero-order chi connectivity index (χ0) is 19.5. The molecule has 0 bridgehead atoms. The molecule has 7 nitrogen and oxygen atoms in total. The number of carbonyl (C=O) groups excluding carboxylic acids is 1. The standard InChI is InChI=1S/C13H20F3N3O4S2/c1-9-8-24-11(18-9)12(21,13(14,15)16)7-10(20)17-5-4-6-19(2)25(3,22)23/h8,21H,4-7H2,1-3H3,(H,17,20)/t12-/m1/s1. The Morgan fingerprint density at radius 3 is 2.48 bits per heavy atom. The van der Waals surface area contributed by atoms with Gasteiger partial charge in [0.15, 0.2) is 0 Å². The lowest BCUT2D eigenvalue weighted by Gasteiger charge is -2.27. The number of aryl methyl sites for hydroxylation is 1. The predicted molar refractivity (Wildman–Crippen MR) is 86.5 cm³/mol. The Hall–Kier alpha value is -1.24. The molecule has 0 radical (unpaired) electrons. The highest BCUT2D eigenvalue weighted by Crippen LogP contribution is 2.42. The fourth-order valence-electron chi connectivity index (χ4n) is 1.83. The fourth-order valence-corrected chi connectivity index (χ4v) is 3.21. The Kier molecular flexibility index (Phi) is 6.95. The van der Waals surface area contributed by atoms with Gasteiger partial charge in [-0.25, -0.2) is 17.7 Å². The first kappa shape index (κ1) is 21.8. The number of rotatable bonds is 8. The Bertz CT molecular complexity index is 706. The van der Waals surface area contributed by atoms with E-state index < -0.39 is 39.1 Å². The van der Waals surface area contributed by atoms with Crippen LogP contribution in [0.4, 0.5) is 13.2 Å². The minimum atomic E-state index is -5.06. The average molecular weight is 403 g/mol. The lowest BCUT2D eigenvalue weighted by atomic mass is 9.99. The molecule has 0 spiro atoms. The van der Waals surface area contributed by atoms with Crippen LogP contribution in [0.1, 0.15) is 23.5 Å². The molecule has 0 aliphatic heterocycles. The van der Waals surface area contributed by atoms with Crippen LogP contribution >= 0.6 is 11.3 Å². The molecule has 0 aromatic carbocycles. The number of halogens is 3. The smallest absolute Gasteiger partial charge is 0.374 e. The van der Waals surface area contributed by atoms with Crippen molar-refractivity contribution < 1.29 is 31.5 Å². The quantitative estimate of drug-likeness (QED) is 0.631. The van der Waals surface area contributed by atoms with Crippen molar-refractivity contribution in [1.29, 1.82) is 0 Å². The van der Waals surface area contributed by atoms with Gasteiger partial charge in [0.05, 0.1) is 12.7 Å². The average Bonchev–Trinajstić information content (AvgIpc) is 2.88. The van der Waals surface area contributed by atoms with E-state index in [0.717, 1.165) is 10.6 Å². The van der Waals surface area contributed by atoms with Crippen molar-refractivity contribution in [2.45, 2.75) is 31.5 Å². The van der Waals surface area contributed by atoms with Gasteiger partial charge in [0, 0.05) is 31.2 Å². The van der Waals surface area contributed by atoms with E-state index in [1.54, 1.807) is 0 Å². The van der Waals surface area contributed by atoms with Crippen LogP contribution in [0, 0.1) is 6.92 Å². The summed E-state index contributed by atoms with van der Waals surface area (Å²) in [5.41, 5.74) is -3.05. The van der Waals surface area contributed by atoms with E-state index in [0.29, 0.717) is 17.0 Å². The molecular formula is C13H20F3N3O4S2. The van der Waals surface area contributed by atoms with Gasteiger partial charge in [0.2, 0.25) is 21.5 Å². The molecular weight excluding hydrogens is 383 g/mol. The molecule has 0 saturated heterocycles. The van der Waals surface area contributed by atoms with Crippen molar-refractivity contribution in [1.82, 2.24) is 14.6 Å². The maximum Gasteiger partial charge on any atom is 0.424 e. The molecule has 1 atom stereocenters. The molecule has 0 aliphatic carbocycles. The molecule has 12 heteroatoms. The number of nitrogens with zero attached hydrogens (tertiary/aromatic N) is 2. The van der Waals surface area contributed by atoms with Gasteiger partial charge in [-0.3, -0.25) is 4.79 Å². The first-order valence-corrected chi connectivity index (χ1v) is 9.90. The number of nitrogens with one attached hydrogen (secondary N) is 1. The minimum absolute atomic E-state index is 0.0243. The highest BCUT2D eigenvalue weighted by molar-refractivity contribution is 7.88. The highest BCUT2D eigenvalue weighted by atomic mass is 32.2. The molecule has 1 rings (SSSR count). The summed E-state index contributed by atoms with van der Waals surface area (Å²) in [6.45, 7) is 1.56. The number of amides is 1. The monoisotopic (exact) mass is 403 g/mol. The predicted octanol–water partition coefficient (Wildman–Crippen LogP) is 0.989. The number of hydrogen-bond acceptors (Lipinski definition) is 6. The molecule has 1 amide bonds. The molecule has 1 aromatic rings. The number of carbonyl (C=O) groups is 1. The third-order valence-electron chi connectivity index (χ3n) is 3.40. The summed E-state index contributed by atoms with van der Waals surface area (Å²) >= 11 is 0.626. The second kappa shape index (κ2) is 7.98. The van der Waals surface area contributed by atoms with E-state index in [9.17, 15) is 31.5 Å². The first-order chi connectivity index (χ1) is 11.3. The van der Waals surface area contributed by atoms with Crippen molar-refractivity contribution in [3.63, 3.8) is 0 Å². The number of hydrogen-bond donors (Lipinski definition) is 2. The van der Waals surface area contributed by atoms with E-state index >= 15 is 0 Å². The summed E-state index contributed by atoms with van der Waals surface area (Å²) in [5.74, 6) is -1.00. The third-order valence-corrected chi connectivity index (χ3v) is 5.82. The molecule has 1 aromatic heterocycles. The summed E-state index contributed by atoms with van der Waals surface area (Å²) < 4.78 is 63.2. The van der Waals surface area contributed by atoms with Crippen molar-refractivity contribution in [2.75, 3.05) is 26.4 Å². The van der Waals surface area contributed by atoms with Gasteiger partial charge in [-0.2, -0.15) is 13.2 Å². The van der Waals surface area contributed by atoms with Crippen LogP contribution in [0.25, 0.3) is 0 Å². The van der Waals surface area contributed by atoms with Crippen molar-refractivity contribution in [2.24, 2.45) is 0 Å². The van der Waals surface area contributed by atoms with E-state index in [4.69, 9.17) is 0 Å². The van der Waals surface area contributed by atoms with Crippen LogP contribution in [0.3, 0.4) is 0 Å². The maximum atomic E-state index is 13.2. The van der Waals surface area contributed by atoms with E-state index in [1.165, 1.54) is 19.4 Å². The molecule has 25 heavy (non-hydrogen) atoms. The van der Waals surface area contributed by atoms with Crippen LogP contribution < -0.4 is 5.32 Å². The zero-order valence-electron chi connectivity index (χ0n) is 13.9. The highest BCUT2D eigenvalue weighted by Gasteiger charge is 2.58. The molecule has 2 N–H and O–H groups in total. The van der Waals surface area contributed by atoms with Gasteiger partial charge in [-0.15, -0.1) is 11.3 Å². The number of thiazole rings is 1. The molecule has 0 fully saturated rings. The van der Waals surface area contributed by atoms with E-state index in [-0.39, 0.29) is 19.5 Å². The maximum absolute atomic E-state index is 13.2. The van der Waals surface area contributed by atoms with E-state index in [1.807, 2.05) is 0 Å². The second-order valence-electron chi connectivity index (χ2n) is 5.62. The Morgan fingerprint density at radius 1 is 1.44 bits per heavy atom. The first-order valence-electron chi connectivity index (χ1n) is 7.17. The molecule has 0 saturated carbocycles. The topological polar surface area (TPSA) is 99.6 Å². The van der Waals surface area contributed by atoms with Crippen LogP contribution in [-0.4, -0.2) is 61.3 Å². The third kappa shape index (κ3) is 5.90. The second-order valence-corrected chi connectivity index (χ2v) is 8.56. The lowest BCUT2D eigenvalue weighted by Crippen LogP contribution is -2.46. The number of aliphatic hydroxyl groups is 1. The zero-order valence-corrected chi connectivity index (χ0v) is 15.6. The van der Waals surface area contributed by atoms with Crippen molar-refractivity contribution >= 4 is 27.3 Å². The largest absolute Gasteiger partial charge is 0.424 e. The van der Waals surface area contributed by atoms with Crippen molar-refractivity contribution in [3.8, 4) is 0 Å². The Labute approximate surface area is 147 Å². The fraction of sp³-hybridized carbons (Fsp3) is 0.692. The summed E-state index contributed by atoms with van der Waals surface area (Å²) in [5, 5.41) is 13.0. The van der Waals surface area contributed by atoms with Gasteiger partial charge >= 0.3 is 6.18 Å². The normalized spacial score (nSPS) is 15.2. The van der Waals surface area contributed by atoms with E-state index in [2.05, 4.69) is 10.3 Å². The minimum Gasteiger partial charge on any atom is -0.374 e. The van der Waals surface area contributed by atoms with Crippen molar-refractivity contribution in [3.05, 3.63) is 16.1 Å². The SMILES string of the molecule is Cc1csc([C@](O)(CC(=O)NCCCN(C)S(C)(=O)=O)C(F)(F)F)n1. The summed E-state index contributed by atoms with van der Waals surface area (Å²) in [6.07, 6.45) is -5.04. The summed E-state index contributed by atoms with van der Waals surface area (Å²) in [4.78, 5) is 15.4. The van der Waals surface area contributed by atoms with Gasteiger partial charge in [-0.1, -0.05) is 0 Å². The summed E-state index contributed by atoms with van der Waals surface area (Å²) in [7, 11) is -2.01. The van der Waals surface area contributed by atoms with Crippen LogP contribution in [0.5, 0.6) is 0 Å². The number of alkyl halides is 3. The van der Waals surface area contributed by atoms with Crippen LogP contribution in [0.2, 0.25) is 0 Å². The summed E-state index contributed by atoms with van der Waals surface area (Å²) in [6, 6.07) is 0. The Balaban J connectivity index is 2.66. The lowest BCUT2D eigenvalue weighted by molar-refractivity contribution is -0.267. The molecule has 0 unspecified atom stereocenters. The van der Waals surface area contributed by atoms with Gasteiger partial charge in [0.1, 0.15) is 5.01 Å². The molecule has 144 valence electrons. The van der Waals surface area contributed by atoms with Crippen LogP contribution in [-0.2, 0) is 20.4 Å². The van der Waals surface area contributed by atoms with Gasteiger partial charge in [-0.05, 0) is 13.3 Å². The number of sulfonamides is 1. The van der Waals surface area contributed by atoms with Crippen LogP contribution in [0.15, 0.2) is 5.38 Å².